The summed E-state index contributed by atoms with van der Waals surface area (Å²) in [4.78, 5) is 0. The van der Waals surface area contributed by atoms with E-state index in [2.05, 4.69) is 80.6 Å². The largest absolute Gasteiger partial charge is 0.482 e. The monoisotopic (exact) mass is 370 g/mol. The van der Waals surface area contributed by atoms with Crippen LogP contribution in [0.25, 0.3) is 32.7 Å². The van der Waals surface area contributed by atoms with Gasteiger partial charge >= 0.3 is 0 Å². The van der Waals surface area contributed by atoms with Crippen molar-refractivity contribution in [1.29, 1.82) is 0 Å². The lowest BCUT2D eigenvalue weighted by molar-refractivity contribution is 0.106. The third-order valence-corrected chi connectivity index (χ3v) is 5.06. The highest BCUT2D eigenvalue weighted by molar-refractivity contribution is 6.07. The second-order valence-corrected chi connectivity index (χ2v) is 7.02. The molecule has 0 radical (unpaired) electrons. The van der Waals surface area contributed by atoms with Crippen LogP contribution in [-0.2, 0) is 5.60 Å². The first kappa shape index (κ1) is 19.9. The minimum Gasteiger partial charge on any atom is -0.482 e. The van der Waals surface area contributed by atoms with E-state index in [9.17, 15) is 0 Å². The maximum absolute atomic E-state index is 6.28. The number of para-hydroxylation sites is 1. The van der Waals surface area contributed by atoms with Crippen molar-refractivity contribution in [2.24, 2.45) is 0 Å². The average molecular weight is 371 g/mol. The molecule has 0 aromatic heterocycles. The molecule has 1 heteroatoms. The summed E-state index contributed by atoms with van der Waals surface area (Å²) in [6.45, 7) is 12.3. The lowest BCUT2D eigenvalue weighted by atomic mass is 9.82. The normalized spacial score (nSPS) is 13.2. The predicted octanol–water partition coefficient (Wildman–Crippen LogP) is 8.34. The van der Waals surface area contributed by atoms with Crippen LogP contribution in [0.15, 0.2) is 72.8 Å². The van der Waals surface area contributed by atoms with Crippen molar-refractivity contribution in [1.82, 2.24) is 0 Å². The van der Waals surface area contributed by atoms with Crippen molar-refractivity contribution >= 4 is 21.5 Å². The van der Waals surface area contributed by atoms with E-state index in [0.717, 1.165) is 5.75 Å². The van der Waals surface area contributed by atoms with Crippen LogP contribution in [0.2, 0.25) is 0 Å². The predicted molar refractivity (Wildman–Crippen MR) is 123 cm³/mol. The van der Waals surface area contributed by atoms with Gasteiger partial charge in [-0.2, -0.15) is 0 Å². The number of hydrogen-bond acceptors (Lipinski definition) is 1. The van der Waals surface area contributed by atoms with Crippen LogP contribution in [0.1, 0.15) is 47.1 Å². The maximum atomic E-state index is 6.28. The van der Waals surface area contributed by atoms with Crippen LogP contribution in [0.4, 0.5) is 0 Å². The van der Waals surface area contributed by atoms with Crippen molar-refractivity contribution < 1.29 is 4.74 Å². The smallest absolute Gasteiger partial charge is 0.129 e. The van der Waals surface area contributed by atoms with E-state index in [0.29, 0.717) is 0 Å². The van der Waals surface area contributed by atoms with Crippen LogP contribution < -0.4 is 4.74 Å². The average Bonchev–Trinajstić information content (AvgIpc) is 2.74. The van der Waals surface area contributed by atoms with E-state index >= 15 is 0 Å². The summed E-state index contributed by atoms with van der Waals surface area (Å²) in [6.07, 6.45) is 0. The van der Waals surface area contributed by atoms with Gasteiger partial charge in [0.25, 0.3) is 0 Å². The minimum absolute atomic E-state index is 0.330. The molecule has 0 amide bonds. The molecule has 4 aromatic carbocycles. The molecule has 0 saturated carbocycles. The van der Waals surface area contributed by atoms with E-state index < -0.39 is 0 Å². The molecule has 144 valence electrons. The molecule has 1 aliphatic rings. The zero-order valence-corrected chi connectivity index (χ0v) is 17.8. The van der Waals surface area contributed by atoms with Gasteiger partial charge in [0.15, 0.2) is 0 Å². The van der Waals surface area contributed by atoms with E-state index in [1.54, 1.807) is 0 Å². The molecule has 5 rings (SSSR count). The topological polar surface area (TPSA) is 9.23 Å². The van der Waals surface area contributed by atoms with Gasteiger partial charge in [0.1, 0.15) is 11.4 Å². The van der Waals surface area contributed by atoms with Gasteiger partial charge in [-0.15, -0.1) is 0 Å². The number of fused-ring (bicyclic) bond motifs is 6. The molecule has 0 N–H and O–H groups in total. The summed E-state index contributed by atoms with van der Waals surface area (Å²) in [7, 11) is 0. The Kier molecular flexibility index (Phi) is 5.74. The lowest BCUT2D eigenvalue weighted by Crippen LogP contribution is -2.29. The Balaban J connectivity index is 0.000000531. The Morgan fingerprint density at radius 2 is 1.25 bits per heavy atom. The zero-order chi connectivity index (χ0) is 20.3. The third kappa shape index (κ3) is 3.26. The molecule has 0 atom stereocenters. The van der Waals surface area contributed by atoms with Gasteiger partial charge in [-0.25, -0.2) is 0 Å². The van der Waals surface area contributed by atoms with E-state index in [1.807, 2.05) is 33.8 Å². The fourth-order valence-corrected chi connectivity index (χ4v) is 3.90. The summed E-state index contributed by atoms with van der Waals surface area (Å²) in [5.74, 6) is 0.968. The van der Waals surface area contributed by atoms with E-state index in [-0.39, 0.29) is 5.60 Å². The molecule has 1 aliphatic heterocycles. The molecular formula is C27H30O. The molecule has 4 aromatic rings. The van der Waals surface area contributed by atoms with Crippen LogP contribution in [0.3, 0.4) is 0 Å². The first-order valence-corrected chi connectivity index (χ1v) is 10.4. The summed E-state index contributed by atoms with van der Waals surface area (Å²) in [6, 6.07) is 26.0. The van der Waals surface area contributed by atoms with Gasteiger partial charge in [0.2, 0.25) is 0 Å². The third-order valence-electron chi connectivity index (χ3n) is 5.06. The van der Waals surface area contributed by atoms with Crippen LogP contribution in [-0.4, -0.2) is 0 Å². The summed E-state index contributed by atoms with van der Waals surface area (Å²) < 4.78 is 6.28. The highest BCUT2D eigenvalue weighted by atomic mass is 16.5. The molecule has 0 bridgehead atoms. The van der Waals surface area contributed by atoms with Gasteiger partial charge in [0, 0.05) is 16.7 Å². The Morgan fingerprint density at radius 3 is 1.96 bits per heavy atom. The van der Waals surface area contributed by atoms with E-state index in [4.69, 9.17) is 4.74 Å². The number of hydrogen-bond donors (Lipinski definition) is 0. The Morgan fingerprint density at radius 1 is 0.643 bits per heavy atom. The van der Waals surface area contributed by atoms with Crippen molar-refractivity contribution in [2.75, 3.05) is 0 Å². The molecule has 0 aliphatic carbocycles. The molecule has 0 spiro atoms. The van der Waals surface area contributed by atoms with Crippen molar-refractivity contribution in [3.63, 3.8) is 0 Å². The van der Waals surface area contributed by atoms with Crippen molar-refractivity contribution in [3.8, 4) is 16.9 Å². The highest BCUT2D eigenvalue weighted by Crippen LogP contribution is 2.48. The molecule has 0 unspecified atom stereocenters. The molecule has 0 fully saturated rings. The molecular weight excluding hydrogens is 340 g/mol. The fourth-order valence-electron chi connectivity index (χ4n) is 3.90. The summed E-state index contributed by atoms with van der Waals surface area (Å²) in [5, 5.41) is 5.14. The van der Waals surface area contributed by atoms with Gasteiger partial charge < -0.3 is 4.74 Å². The van der Waals surface area contributed by atoms with Crippen LogP contribution in [0.5, 0.6) is 5.75 Å². The first-order valence-electron chi connectivity index (χ1n) is 10.4. The van der Waals surface area contributed by atoms with Crippen LogP contribution in [0, 0.1) is 0 Å². The Labute approximate surface area is 169 Å². The molecule has 0 saturated heterocycles. The van der Waals surface area contributed by atoms with E-state index in [1.165, 1.54) is 38.2 Å². The van der Waals surface area contributed by atoms with Gasteiger partial charge in [-0.1, -0.05) is 82.3 Å². The first-order chi connectivity index (χ1) is 13.6. The fraction of sp³-hybridized carbons (Fsp3) is 0.259. The number of ether oxygens (including phenoxy) is 1. The second-order valence-electron chi connectivity index (χ2n) is 7.02. The SMILES string of the molecule is CC.CC.CC1(C)Oc2ccccc2-c2c1ccc1cc3ccccc3cc21. The molecule has 28 heavy (non-hydrogen) atoms. The minimum atomic E-state index is -0.330. The standard InChI is InChI=1S/C23H18O.2C2H6/c1-23(2)20-12-11-17-13-15-7-3-4-8-16(15)14-19(17)22(20)18-9-5-6-10-21(18)24-23;2*1-2/h3-14H,1-2H3;2*1-2H3. The summed E-state index contributed by atoms with van der Waals surface area (Å²) in [5.41, 5.74) is 3.42. The zero-order valence-electron chi connectivity index (χ0n) is 17.8. The Hall–Kier alpha value is -2.80. The number of benzene rings is 4. The van der Waals surface area contributed by atoms with Crippen molar-refractivity contribution in [3.05, 3.63) is 78.4 Å². The second kappa shape index (κ2) is 8.06. The molecule has 1 heterocycles. The van der Waals surface area contributed by atoms with Crippen molar-refractivity contribution in [2.45, 2.75) is 47.1 Å². The van der Waals surface area contributed by atoms with Gasteiger partial charge in [0.05, 0.1) is 0 Å². The number of rotatable bonds is 0. The lowest BCUT2D eigenvalue weighted by Gasteiger charge is -2.35. The summed E-state index contributed by atoms with van der Waals surface area (Å²) >= 11 is 0. The quantitative estimate of drug-likeness (QED) is 0.283. The maximum Gasteiger partial charge on any atom is 0.129 e. The Bertz CT molecular complexity index is 1110. The molecule has 1 nitrogen and oxygen atoms in total. The highest BCUT2D eigenvalue weighted by Gasteiger charge is 2.33. The van der Waals surface area contributed by atoms with Gasteiger partial charge in [-0.3, -0.25) is 0 Å². The van der Waals surface area contributed by atoms with Gasteiger partial charge in [-0.05, 0) is 53.6 Å². The van der Waals surface area contributed by atoms with Crippen LogP contribution >= 0.6 is 0 Å².